The van der Waals surface area contributed by atoms with Crippen molar-refractivity contribution < 1.29 is 28.7 Å². The van der Waals surface area contributed by atoms with Crippen LogP contribution >= 0.6 is 11.3 Å². The summed E-state index contributed by atoms with van der Waals surface area (Å²) in [5.74, 6) is -1.35. The number of ether oxygens (including phenoxy) is 2. The number of hydrogen-bond donors (Lipinski definition) is 3. The fourth-order valence-electron chi connectivity index (χ4n) is 8.85. The van der Waals surface area contributed by atoms with Crippen molar-refractivity contribution in [1.82, 2.24) is 35.6 Å². The van der Waals surface area contributed by atoms with Crippen LogP contribution in [0.15, 0.2) is 41.9 Å². The Balaban J connectivity index is 1.77. The number of amides is 4. The number of carbonyl (C=O) groups is 4. The van der Waals surface area contributed by atoms with E-state index in [1.54, 1.807) is 32.4 Å². The first-order valence-electron chi connectivity index (χ1n) is 22.1. The lowest BCUT2D eigenvalue weighted by Crippen LogP contribution is -2.60. The fraction of sp³-hybridized carbons (Fsp3) is 0.717. The van der Waals surface area contributed by atoms with Crippen LogP contribution in [0.1, 0.15) is 104 Å². The Morgan fingerprint density at radius 3 is 2.22 bits per heavy atom. The molecule has 0 saturated carbocycles. The zero-order valence-corrected chi connectivity index (χ0v) is 39.4. The normalized spacial score (nSPS) is 18.4. The quantitative estimate of drug-likeness (QED) is 0.104. The maximum absolute atomic E-state index is 14.5. The third-order valence-corrected chi connectivity index (χ3v) is 13.3. The van der Waals surface area contributed by atoms with Crippen LogP contribution in [0.5, 0.6) is 0 Å². The van der Waals surface area contributed by atoms with Crippen LogP contribution in [0.3, 0.4) is 0 Å². The number of methoxy groups -OCH3 is 2. The van der Waals surface area contributed by atoms with E-state index in [-0.39, 0.29) is 65.9 Å². The van der Waals surface area contributed by atoms with Gasteiger partial charge in [-0.1, -0.05) is 85.2 Å². The molecule has 0 spiro atoms. The largest absolute Gasteiger partial charge is 0.379 e. The van der Waals surface area contributed by atoms with Gasteiger partial charge in [-0.2, -0.15) is 0 Å². The number of benzene rings is 1. The fourth-order valence-corrected chi connectivity index (χ4v) is 9.54. The summed E-state index contributed by atoms with van der Waals surface area (Å²) in [6, 6.07) is 7.82. The number of thiazole rings is 1. The second-order valence-corrected chi connectivity index (χ2v) is 18.3. The number of aromatic nitrogens is 1. The summed E-state index contributed by atoms with van der Waals surface area (Å²) in [7, 11) is 8.87. The van der Waals surface area contributed by atoms with Gasteiger partial charge in [0.25, 0.3) is 0 Å². The van der Waals surface area contributed by atoms with Gasteiger partial charge in [0.2, 0.25) is 23.6 Å². The standard InChI is InChI=1S/C46H77N7O6S/c1-13-32(6)41(52(10)46(57)39(30(2)3)50-44(56)40(31(4)5)51(9)25-18-17-23-47-8)37(58-11)29-38(54)53-26-19-22-36(53)42(59-12)33(7)43(55)49-35(45-48-24-27-60-45)28-34-20-15-14-16-21-34/h14-16,20-21,24,27,30-33,35-37,39-42,47H,13,17-19,22-23,25-26,28-29H2,1-12H3,(H,49,55)(H,50,56)/t32-,33+,35-,36?,37+,39?,40?,41-,42+/m0/s1. The summed E-state index contributed by atoms with van der Waals surface area (Å²) in [4.78, 5) is 67.0. The molecule has 1 aromatic carbocycles. The molecular weight excluding hydrogens is 779 g/mol. The van der Waals surface area contributed by atoms with Crippen LogP contribution in [-0.2, 0) is 35.1 Å². The highest BCUT2D eigenvalue weighted by molar-refractivity contribution is 7.09. The molecule has 3 unspecified atom stereocenters. The van der Waals surface area contributed by atoms with Crippen molar-refractivity contribution in [2.45, 2.75) is 136 Å². The number of nitrogens with zero attached hydrogens (tertiary/aromatic N) is 4. The average Bonchev–Trinajstić information content (AvgIpc) is 3.95. The molecule has 1 aromatic heterocycles. The number of hydrogen-bond acceptors (Lipinski definition) is 10. The summed E-state index contributed by atoms with van der Waals surface area (Å²) in [6.45, 7) is 16.2. The monoisotopic (exact) mass is 856 g/mol. The van der Waals surface area contributed by atoms with E-state index in [1.165, 1.54) is 11.3 Å². The van der Waals surface area contributed by atoms with Gasteiger partial charge in [0.05, 0.1) is 48.7 Å². The van der Waals surface area contributed by atoms with E-state index in [0.29, 0.717) is 19.4 Å². The van der Waals surface area contributed by atoms with Gasteiger partial charge in [-0.3, -0.25) is 24.1 Å². The summed E-state index contributed by atoms with van der Waals surface area (Å²) in [5.41, 5.74) is 1.09. The molecule has 4 amide bonds. The van der Waals surface area contributed by atoms with E-state index in [2.05, 4.69) is 39.7 Å². The predicted molar refractivity (Wildman–Crippen MR) is 240 cm³/mol. The molecule has 1 fully saturated rings. The van der Waals surface area contributed by atoms with Crippen molar-refractivity contribution in [3.63, 3.8) is 0 Å². The molecule has 60 heavy (non-hydrogen) atoms. The summed E-state index contributed by atoms with van der Waals surface area (Å²) >= 11 is 1.51. The van der Waals surface area contributed by atoms with Crippen LogP contribution in [0, 0.1) is 23.7 Å². The Morgan fingerprint density at radius 2 is 1.65 bits per heavy atom. The zero-order chi connectivity index (χ0) is 44.5. The first kappa shape index (κ1) is 50.9. The molecule has 0 radical (unpaired) electrons. The Morgan fingerprint density at radius 1 is 0.950 bits per heavy atom. The van der Waals surface area contributed by atoms with Gasteiger partial charge in [0.15, 0.2) is 0 Å². The number of rotatable bonds is 26. The van der Waals surface area contributed by atoms with Crippen LogP contribution < -0.4 is 16.0 Å². The van der Waals surface area contributed by atoms with Crippen molar-refractivity contribution in [3.05, 3.63) is 52.5 Å². The van der Waals surface area contributed by atoms with Crippen molar-refractivity contribution >= 4 is 35.0 Å². The van der Waals surface area contributed by atoms with Crippen molar-refractivity contribution in [2.24, 2.45) is 23.7 Å². The minimum Gasteiger partial charge on any atom is -0.379 e. The third-order valence-electron chi connectivity index (χ3n) is 12.4. The second kappa shape index (κ2) is 25.5. The first-order chi connectivity index (χ1) is 28.6. The maximum atomic E-state index is 14.5. The molecule has 0 aliphatic carbocycles. The number of unbranched alkanes of at least 4 members (excludes halogenated alkanes) is 1. The van der Waals surface area contributed by atoms with E-state index >= 15 is 0 Å². The molecule has 338 valence electrons. The van der Waals surface area contributed by atoms with Crippen LogP contribution in [0.2, 0.25) is 0 Å². The highest BCUT2D eigenvalue weighted by atomic mass is 32.1. The Bertz CT molecular complexity index is 1580. The molecule has 2 heterocycles. The molecule has 3 N–H and O–H groups in total. The molecule has 9 atom stereocenters. The number of nitrogens with one attached hydrogen (secondary N) is 3. The molecule has 2 aromatic rings. The SMILES string of the molecule is CC[C@H](C)[C@@H]([C@@H](CC(=O)N1CCCC1[C@H](OC)[C@@H](C)C(=O)N[C@@H](Cc1ccccc1)c1nccs1)OC)N(C)C(=O)C(NC(=O)C(C(C)C)N(C)CCCCNC)C(C)C. The van der Waals surface area contributed by atoms with Crippen molar-refractivity contribution in [1.29, 1.82) is 0 Å². The molecule has 14 heteroatoms. The third kappa shape index (κ3) is 14.1. The minimum atomic E-state index is -0.762. The molecular formula is C46H77N7O6S. The Kier molecular flexibility index (Phi) is 21.6. The van der Waals surface area contributed by atoms with Crippen molar-refractivity contribution in [3.8, 4) is 0 Å². The van der Waals surface area contributed by atoms with E-state index in [1.807, 2.05) is 89.3 Å². The van der Waals surface area contributed by atoms with Crippen molar-refractivity contribution in [2.75, 3.05) is 55.0 Å². The van der Waals surface area contributed by atoms with E-state index in [9.17, 15) is 19.2 Å². The minimum absolute atomic E-state index is 0.0150. The average molecular weight is 856 g/mol. The lowest BCUT2D eigenvalue weighted by molar-refractivity contribution is -0.148. The first-order valence-corrected chi connectivity index (χ1v) is 23.0. The van der Waals surface area contributed by atoms with Gasteiger partial charge in [-0.05, 0) is 82.6 Å². The molecule has 13 nitrogen and oxygen atoms in total. The van der Waals surface area contributed by atoms with E-state index in [4.69, 9.17) is 9.47 Å². The van der Waals surface area contributed by atoms with Gasteiger partial charge in [-0.25, -0.2) is 4.98 Å². The smallest absolute Gasteiger partial charge is 0.245 e. The molecule has 1 aliphatic heterocycles. The molecule has 3 rings (SSSR count). The van der Waals surface area contributed by atoms with Crippen LogP contribution in [0.4, 0.5) is 0 Å². The summed E-state index contributed by atoms with van der Waals surface area (Å²) in [5, 5.41) is 12.3. The lowest BCUT2D eigenvalue weighted by atomic mass is 9.89. The lowest BCUT2D eigenvalue weighted by Gasteiger charge is -2.41. The van der Waals surface area contributed by atoms with E-state index in [0.717, 1.165) is 49.3 Å². The zero-order valence-electron chi connectivity index (χ0n) is 38.6. The Hall–Kier alpha value is -3.43. The number of likely N-dealkylation sites (N-methyl/N-ethyl adjacent to an activating group) is 2. The van der Waals surface area contributed by atoms with Crippen LogP contribution in [-0.4, -0.2) is 135 Å². The second-order valence-electron chi connectivity index (χ2n) is 17.4. The Labute approximate surface area is 365 Å². The molecule has 1 aliphatic rings. The van der Waals surface area contributed by atoms with Gasteiger partial charge >= 0.3 is 0 Å². The predicted octanol–water partition coefficient (Wildman–Crippen LogP) is 5.56. The summed E-state index contributed by atoms with van der Waals surface area (Å²) in [6.07, 6.45) is 5.44. The topological polar surface area (TPSA) is 145 Å². The number of carbonyl (C=O) groups excluding carboxylic acids is 4. The number of likely N-dealkylation sites (tertiary alicyclic amines) is 1. The maximum Gasteiger partial charge on any atom is 0.245 e. The van der Waals surface area contributed by atoms with Gasteiger partial charge in [-0.15, -0.1) is 11.3 Å². The van der Waals surface area contributed by atoms with E-state index < -0.39 is 30.2 Å². The summed E-state index contributed by atoms with van der Waals surface area (Å²) < 4.78 is 12.2. The van der Waals surface area contributed by atoms with Crippen LogP contribution in [0.25, 0.3) is 0 Å². The van der Waals surface area contributed by atoms with Gasteiger partial charge in [0.1, 0.15) is 11.0 Å². The molecule has 0 bridgehead atoms. The van der Waals surface area contributed by atoms with Gasteiger partial charge < -0.3 is 35.2 Å². The highest BCUT2D eigenvalue weighted by Crippen LogP contribution is 2.30. The van der Waals surface area contributed by atoms with Gasteiger partial charge in [0, 0.05) is 39.4 Å². The highest BCUT2D eigenvalue weighted by Gasteiger charge is 2.43. The molecule has 1 saturated heterocycles.